The van der Waals surface area contributed by atoms with Gasteiger partial charge in [0.05, 0.1) is 18.4 Å². The molecule has 0 unspecified atom stereocenters. The number of aliphatic carboxylic acids is 1. The molecule has 0 amide bonds. The van der Waals surface area contributed by atoms with Gasteiger partial charge in [-0.3, -0.25) is 14.6 Å². The number of carbonyl (C=O) groups is 1. The highest BCUT2D eigenvalue weighted by Crippen LogP contribution is 2.03. The van der Waals surface area contributed by atoms with Gasteiger partial charge in [0.25, 0.3) is 0 Å². The van der Waals surface area contributed by atoms with Gasteiger partial charge in [-0.05, 0) is 0 Å². The van der Waals surface area contributed by atoms with E-state index in [1.54, 1.807) is 0 Å². The van der Waals surface area contributed by atoms with Crippen molar-refractivity contribution in [3.8, 4) is 0 Å². The van der Waals surface area contributed by atoms with Crippen LogP contribution >= 0.6 is 0 Å². The van der Waals surface area contributed by atoms with E-state index in [0.717, 1.165) is 0 Å². The number of carboxylic acids is 1. The van der Waals surface area contributed by atoms with Crippen molar-refractivity contribution < 1.29 is 18.3 Å². The Morgan fingerprint density at radius 2 is 2.36 bits per heavy atom. The Hall–Kier alpha value is -1.57. The Bertz CT molecular complexity index is 397. The lowest BCUT2D eigenvalue weighted by atomic mass is 10.5. The molecule has 0 spiro atoms. The number of anilines is 1. The Morgan fingerprint density at radius 1 is 1.64 bits per heavy atom. The zero-order chi connectivity index (χ0) is 10.6. The minimum absolute atomic E-state index is 0.218. The molecule has 0 atom stereocenters. The second kappa shape index (κ2) is 4.09. The molecular weight excluding hydrogens is 210 g/mol. The molecule has 0 radical (unpaired) electrons. The third-order valence-corrected chi connectivity index (χ3v) is 2.62. The molecule has 1 heterocycles. The van der Waals surface area contributed by atoms with Gasteiger partial charge in [0.2, 0.25) is 10.0 Å². The van der Waals surface area contributed by atoms with Gasteiger partial charge in [-0.1, -0.05) is 0 Å². The lowest BCUT2D eigenvalue weighted by Crippen LogP contribution is -2.19. The molecule has 0 saturated carbocycles. The molecule has 1 rings (SSSR count). The number of rotatable bonds is 5. The number of hydrogen-bond acceptors (Lipinski definition) is 4. The molecule has 1 aromatic rings. The maximum atomic E-state index is 11.2. The lowest BCUT2D eigenvalue weighted by Gasteiger charge is -2.02. The first kappa shape index (κ1) is 10.5. The van der Waals surface area contributed by atoms with Crippen LogP contribution in [-0.4, -0.2) is 35.4 Å². The van der Waals surface area contributed by atoms with Crippen LogP contribution in [0.5, 0.6) is 0 Å². The summed E-state index contributed by atoms with van der Waals surface area (Å²) in [5.41, 5.74) is 0. The van der Waals surface area contributed by atoms with Crippen LogP contribution in [0.3, 0.4) is 0 Å². The third-order valence-electron chi connectivity index (χ3n) is 1.35. The average molecular weight is 219 g/mol. The van der Waals surface area contributed by atoms with Gasteiger partial charge >= 0.3 is 5.97 Å². The van der Waals surface area contributed by atoms with Crippen molar-refractivity contribution >= 4 is 21.8 Å². The highest BCUT2D eigenvalue weighted by Gasteiger charge is 2.12. The smallest absolute Gasteiger partial charge is 0.304 e. The Kier molecular flexibility index (Phi) is 3.07. The summed E-state index contributed by atoms with van der Waals surface area (Å²) in [4.78, 5) is 10.1. The average Bonchev–Trinajstić information content (AvgIpc) is 2.53. The molecular formula is C6H9N3O4S. The molecule has 7 nitrogen and oxygen atoms in total. The van der Waals surface area contributed by atoms with Crippen molar-refractivity contribution in [2.24, 2.45) is 0 Å². The summed E-state index contributed by atoms with van der Waals surface area (Å²) in [5.74, 6) is -1.39. The van der Waals surface area contributed by atoms with E-state index in [1.165, 1.54) is 12.3 Å². The molecule has 0 fully saturated rings. The predicted octanol–water partition coefficient (Wildman–Crippen LogP) is -0.374. The van der Waals surface area contributed by atoms with E-state index in [0.29, 0.717) is 0 Å². The van der Waals surface area contributed by atoms with Gasteiger partial charge in [0, 0.05) is 6.07 Å². The SMILES string of the molecule is O=C(O)CCS(=O)(=O)Nc1ccn[nH]1. The van der Waals surface area contributed by atoms with Crippen LogP contribution in [0, 0.1) is 0 Å². The topological polar surface area (TPSA) is 112 Å². The van der Waals surface area contributed by atoms with Crippen molar-refractivity contribution in [3.05, 3.63) is 12.3 Å². The highest BCUT2D eigenvalue weighted by molar-refractivity contribution is 7.92. The first-order valence-corrected chi connectivity index (χ1v) is 5.36. The highest BCUT2D eigenvalue weighted by atomic mass is 32.2. The van der Waals surface area contributed by atoms with E-state index in [2.05, 4.69) is 14.9 Å². The van der Waals surface area contributed by atoms with E-state index in [9.17, 15) is 13.2 Å². The summed E-state index contributed by atoms with van der Waals surface area (Å²) in [6.45, 7) is 0. The first-order valence-electron chi connectivity index (χ1n) is 3.71. The van der Waals surface area contributed by atoms with E-state index in [1.807, 2.05) is 0 Å². The van der Waals surface area contributed by atoms with Crippen molar-refractivity contribution in [2.75, 3.05) is 10.5 Å². The fourth-order valence-electron chi connectivity index (χ4n) is 0.753. The van der Waals surface area contributed by atoms with Crippen LogP contribution in [0.15, 0.2) is 12.3 Å². The molecule has 0 aliphatic carbocycles. The number of sulfonamides is 1. The minimum atomic E-state index is -3.60. The maximum absolute atomic E-state index is 11.2. The van der Waals surface area contributed by atoms with E-state index in [-0.39, 0.29) is 5.82 Å². The third kappa shape index (κ3) is 3.44. The number of hydrogen-bond donors (Lipinski definition) is 3. The fraction of sp³-hybridized carbons (Fsp3) is 0.333. The number of nitrogens with zero attached hydrogens (tertiary/aromatic N) is 1. The molecule has 1 aromatic heterocycles. The summed E-state index contributed by atoms with van der Waals surface area (Å²) >= 11 is 0. The summed E-state index contributed by atoms with van der Waals surface area (Å²) in [5, 5.41) is 14.2. The van der Waals surface area contributed by atoms with Gasteiger partial charge in [0.15, 0.2) is 0 Å². The number of nitrogens with one attached hydrogen (secondary N) is 2. The molecule has 14 heavy (non-hydrogen) atoms. The number of carboxylic acid groups (broad SMARTS) is 1. The zero-order valence-corrected chi connectivity index (χ0v) is 7.91. The van der Waals surface area contributed by atoms with Gasteiger partial charge < -0.3 is 5.11 Å². The maximum Gasteiger partial charge on any atom is 0.304 e. The molecule has 0 bridgehead atoms. The molecule has 0 aliphatic heterocycles. The fourth-order valence-corrected chi connectivity index (χ4v) is 1.75. The van der Waals surface area contributed by atoms with Gasteiger partial charge in [-0.25, -0.2) is 8.42 Å². The van der Waals surface area contributed by atoms with Gasteiger partial charge in [0.1, 0.15) is 5.82 Å². The standard InChI is InChI=1S/C6H9N3O4S/c10-6(11)2-4-14(12,13)9-5-1-3-7-8-5/h1,3H,2,4H2,(H,10,11)(H2,7,8,9). The quantitative estimate of drug-likeness (QED) is 0.625. The first-order chi connectivity index (χ1) is 6.49. The van der Waals surface area contributed by atoms with Crippen molar-refractivity contribution in [1.29, 1.82) is 0 Å². The monoisotopic (exact) mass is 219 g/mol. The Morgan fingerprint density at radius 3 is 2.86 bits per heavy atom. The second-order valence-electron chi connectivity index (χ2n) is 2.53. The van der Waals surface area contributed by atoms with E-state index < -0.39 is 28.2 Å². The molecule has 8 heteroatoms. The summed E-state index contributed by atoms with van der Waals surface area (Å²) in [6, 6.07) is 1.43. The van der Waals surface area contributed by atoms with E-state index >= 15 is 0 Å². The van der Waals surface area contributed by atoms with Crippen LogP contribution in [0.25, 0.3) is 0 Å². The zero-order valence-electron chi connectivity index (χ0n) is 7.10. The number of aromatic amines is 1. The molecule has 0 aromatic carbocycles. The second-order valence-corrected chi connectivity index (χ2v) is 4.38. The summed E-state index contributed by atoms with van der Waals surface area (Å²) < 4.78 is 24.5. The number of H-pyrrole nitrogens is 1. The van der Waals surface area contributed by atoms with E-state index in [4.69, 9.17) is 5.11 Å². The molecule has 3 N–H and O–H groups in total. The predicted molar refractivity (Wildman–Crippen MR) is 48.3 cm³/mol. The van der Waals surface area contributed by atoms with Crippen molar-refractivity contribution in [3.63, 3.8) is 0 Å². The summed E-state index contributed by atoms with van der Waals surface area (Å²) in [7, 11) is -3.60. The molecule has 78 valence electrons. The lowest BCUT2D eigenvalue weighted by molar-refractivity contribution is -0.136. The van der Waals surface area contributed by atoms with Crippen LogP contribution in [0.4, 0.5) is 5.82 Å². The van der Waals surface area contributed by atoms with Crippen LogP contribution in [0.1, 0.15) is 6.42 Å². The van der Waals surface area contributed by atoms with Crippen LogP contribution in [-0.2, 0) is 14.8 Å². The number of aromatic nitrogens is 2. The molecule has 0 saturated heterocycles. The van der Waals surface area contributed by atoms with Gasteiger partial charge in [-0.15, -0.1) is 0 Å². The molecule has 0 aliphatic rings. The van der Waals surface area contributed by atoms with Crippen LogP contribution < -0.4 is 4.72 Å². The Labute approximate surface area is 80.2 Å². The van der Waals surface area contributed by atoms with Gasteiger partial charge in [-0.2, -0.15) is 5.10 Å². The van der Waals surface area contributed by atoms with Crippen molar-refractivity contribution in [1.82, 2.24) is 10.2 Å². The minimum Gasteiger partial charge on any atom is -0.481 e. The normalized spacial score (nSPS) is 11.1. The largest absolute Gasteiger partial charge is 0.481 e. The Balaban J connectivity index is 2.55. The summed E-state index contributed by atoms with van der Waals surface area (Å²) in [6.07, 6.45) is 0.957. The van der Waals surface area contributed by atoms with Crippen molar-refractivity contribution in [2.45, 2.75) is 6.42 Å². The van der Waals surface area contributed by atoms with Crippen LogP contribution in [0.2, 0.25) is 0 Å².